The highest BCUT2D eigenvalue weighted by atomic mass is 16.5. The van der Waals surface area contributed by atoms with E-state index in [-0.39, 0.29) is 23.8 Å². The second kappa shape index (κ2) is 7.91. The molecule has 3 aliphatic rings. The maximum absolute atomic E-state index is 12.9. The first kappa shape index (κ1) is 18.9. The summed E-state index contributed by atoms with van der Waals surface area (Å²) in [5.74, 6) is 0.909. The highest BCUT2D eigenvalue weighted by Crippen LogP contribution is 2.38. The normalized spacial score (nSPS) is 27.1. The molecule has 2 heterocycles. The summed E-state index contributed by atoms with van der Waals surface area (Å²) in [5.41, 5.74) is 1.18. The fourth-order valence-corrected chi connectivity index (χ4v) is 4.63. The van der Waals surface area contributed by atoms with Gasteiger partial charge in [0, 0.05) is 50.3 Å². The van der Waals surface area contributed by atoms with Crippen molar-refractivity contribution in [1.82, 2.24) is 15.1 Å². The number of benzene rings is 1. The average molecular weight is 385 g/mol. The largest absolute Gasteiger partial charge is 0.378 e. The minimum absolute atomic E-state index is 0.0207. The van der Waals surface area contributed by atoms with Crippen molar-refractivity contribution in [2.75, 3.05) is 39.9 Å². The van der Waals surface area contributed by atoms with E-state index in [2.05, 4.69) is 5.32 Å². The van der Waals surface area contributed by atoms with E-state index < -0.39 is 0 Å². The fourth-order valence-electron chi connectivity index (χ4n) is 4.63. The fraction of sp³-hybridized carbons (Fsp3) is 0.571. The first-order valence-electron chi connectivity index (χ1n) is 10.0. The van der Waals surface area contributed by atoms with Crippen LogP contribution in [-0.2, 0) is 9.53 Å². The zero-order valence-corrected chi connectivity index (χ0v) is 16.2. The standard InChI is InChI=1S/C21H27N3O4/c1-23(18-10-16-12-19(25)22-13-17(16)11-18)20(26)14-2-4-15(5-3-14)21(27)24-6-8-28-9-7-24/h2-5,16-18H,6-13H2,1H3,(H,22,25)/t16-,17+,18-/m1/s1. The molecule has 0 aromatic heterocycles. The van der Waals surface area contributed by atoms with Gasteiger partial charge >= 0.3 is 0 Å². The van der Waals surface area contributed by atoms with Gasteiger partial charge in [0.15, 0.2) is 0 Å². The van der Waals surface area contributed by atoms with Gasteiger partial charge in [-0.05, 0) is 48.9 Å². The third-order valence-corrected chi connectivity index (χ3v) is 6.37. The number of carbonyl (C=O) groups is 3. The molecule has 7 heteroatoms. The molecule has 2 saturated heterocycles. The Kier molecular flexibility index (Phi) is 5.35. The Labute approximate surface area is 165 Å². The van der Waals surface area contributed by atoms with Crippen LogP contribution in [0.5, 0.6) is 0 Å². The lowest BCUT2D eigenvalue weighted by Gasteiger charge is -2.27. The Hall–Kier alpha value is -2.41. The molecule has 0 bridgehead atoms. The van der Waals surface area contributed by atoms with Gasteiger partial charge in [0.05, 0.1) is 13.2 Å². The topological polar surface area (TPSA) is 79.0 Å². The van der Waals surface area contributed by atoms with Crippen molar-refractivity contribution in [2.45, 2.75) is 25.3 Å². The molecule has 3 atom stereocenters. The molecule has 1 aliphatic carbocycles. The average Bonchev–Trinajstić information content (AvgIpc) is 3.16. The van der Waals surface area contributed by atoms with E-state index in [0.29, 0.717) is 55.7 Å². The maximum Gasteiger partial charge on any atom is 0.254 e. The predicted molar refractivity (Wildman–Crippen MR) is 103 cm³/mol. The molecule has 1 aromatic carbocycles. The highest BCUT2D eigenvalue weighted by molar-refractivity contribution is 5.98. The van der Waals surface area contributed by atoms with Gasteiger partial charge in [0.25, 0.3) is 11.8 Å². The number of ether oxygens (including phenoxy) is 1. The third-order valence-electron chi connectivity index (χ3n) is 6.37. The number of hydrogen-bond donors (Lipinski definition) is 1. The SMILES string of the molecule is CN(C(=O)c1ccc(C(=O)N2CCOCC2)cc1)[C@H]1C[C@H]2CNC(=O)C[C@H]2C1. The molecule has 2 aliphatic heterocycles. The summed E-state index contributed by atoms with van der Waals surface area (Å²) in [6.07, 6.45) is 2.39. The van der Waals surface area contributed by atoms with Crippen molar-refractivity contribution in [3.63, 3.8) is 0 Å². The van der Waals surface area contributed by atoms with Crippen LogP contribution in [0.4, 0.5) is 0 Å². The summed E-state index contributed by atoms with van der Waals surface area (Å²) in [7, 11) is 1.84. The van der Waals surface area contributed by atoms with Crippen LogP contribution in [0.25, 0.3) is 0 Å². The van der Waals surface area contributed by atoms with Crippen LogP contribution in [0.3, 0.4) is 0 Å². The number of piperidine rings is 1. The minimum atomic E-state index is -0.0340. The van der Waals surface area contributed by atoms with Crippen LogP contribution in [0.15, 0.2) is 24.3 Å². The summed E-state index contributed by atoms with van der Waals surface area (Å²) >= 11 is 0. The van der Waals surface area contributed by atoms with Crippen molar-refractivity contribution in [3.8, 4) is 0 Å². The smallest absolute Gasteiger partial charge is 0.254 e. The molecule has 1 N–H and O–H groups in total. The summed E-state index contributed by atoms with van der Waals surface area (Å²) in [6, 6.07) is 7.09. The molecular weight excluding hydrogens is 358 g/mol. The molecule has 3 amide bonds. The molecule has 0 radical (unpaired) electrons. The number of rotatable bonds is 3. The van der Waals surface area contributed by atoms with Gasteiger partial charge in [-0.15, -0.1) is 0 Å². The number of nitrogens with one attached hydrogen (secondary N) is 1. The maximum atomic E-state index is 12.9. The quantitative estimate of drug-likeness (QED) is 0.847. The van der Waals surface area contributed by atoms with E-state index in [9.17, 15) is 14.4 Å². The lowest BCUT2D eigenvalue weighted by Crippen LogP contribution is -2.40. The number of amides is 3. The number of fused-ring (bicyclic) bond motifs is 1. The van der Waals surface area contributed by atoms with Crippen LogP contribution in [0.2, 0.25) is 0 Å². The predicted octanol–water partition coefficient (Wildman–Crippen LogP) is 1.15. The highest BCUT2D eigenvalue weighted by Gasteiger charge is 2.40. The number of nitrogens with zero attached hydrogens (tertiary/aromatic N) is 2. The molecular formula is C21H27N3O4. The van der Waals surface area contributed by atoms with Crippen LogP contribution >= 0.6 is 0 Å². The Bertz CT molecular complexity index is 757. The van der Waals surface area contributed by atoms with E-state index in [1.54, 1.807) is 29.2 Å². The molecule has 1 aromatic rings. The van der Waals surface area contributed by atoms with Crippen molar-refractivity contribution < 1.29 is 19.1 Å². The molecule has 7 nitrogen and oxygen atoms in total. The van der Waals surface area contributed by atoms with Crippen LogP contribution in [0.1, 0.15) is 40.0 Å². The second-order valence-corrected chi connectivity index (χ2v) is 8.05. The number of hydrogen-bond acceptors (Lipinski definition) is 4. The minimum Gasteiger partial charge on any atom is -0.378 e. The zero-order chi connectivity index (χ0) is 19.7. The Balaban J connectivity index is 1.39. The lowest BCUT2D eigenvalue weighted by molar-refractivity contribution is -0.124. The number of carbonyl (C=O) groups excluding carboxylic acids is 3. The summed E-state index contributed by atoms with van der Waals surface area (Å²) in [6.45, 7) is 3.06. The second-order valence-electron chi connectivity index (χ2n) is 8.05. The van der Waals surface area contributed by atoms with E-state index in [4.69, 9.17) is 4.74 Å². The van der Waals surface area contributed by atoms with Gasteiger partial charge in [-0.2, -0.15) is 0 Å². The van der Waals surface area contributed by atoms with E-state index >= 15 is 0 Å². The van der Waals surface area contributed by atoms with Crippen molar-refractivity contribution >= 4 is 17.7 Å². The first-order valence-corrected chi connectivity index (χ1v) is 10.0. The number of morpholine rings is 1. The summed E-state index contributed by atoms with van der Waals surface area (Å²) < 4.78 is 5.29. The molecule has 0 spiro atoms. The Morgan fingerprint density at radius 1 is 1.07 bits per heavy atom. The van der Waals surface area contributed by atoms with Gasteiger partial charge in [0.2, 0.25) is 5.91 Å². The summed E-state index contributed by atoms with van der Waals surface area (Å²) in [5, 5.41) is 2.93. The zero-order valence-electron chi connectivity index (χ0n) is 16.2. The van der Waals surface area contributed by atoms with E-state index in [1.165, 1.54) is 0 Å². The van der Waals surface area contributed by atoms with Crippen molar-refractivity contribution in [3.05, 3.63) is 35.4 Å². The lowest BCUT2D eigenvalue weighted by atomic mass is 9.89. The van der Waals surface area contributed by atoms with E-state index in [1.807, 2.05) is 11.9 Å². The Morgan fingerprint density at radius 3 is 2.43 bits per heavy atom. The van der Waals surface area contributed by atoms with Gasteiger partial charge in [0.1, 0.15) is 0 Å². The van der Waals surface area contributed by atoms with Gasteiger partial charge in [-0.25, -0.2) is 0 Å². The molecule has 4 rings (SSSR count). The first-order chi connectivity index (χ1) is 13.5. The van der Waals surface area contributed by atoms with Crippen molar-refractivity contribution in [2.24, 2.45) is 11.8 Å². The Morgan fingerprint density at radius 2 is 1.71 bits per heavy atom. The van der Waals surface area contributed by atoms with Crippen LogP contribution in [-0.4, -0.2) is 73.5 Å². The van der Waals surface area contributed by atoms with Gasteiger partial charge in [-0.1, -0.05) is 0 Å². The van der Waals surface area contributed by atoms with Crippen molar-refractivity contribution in [1.29, 1.82) is 0 Å². The molecule has 0 unspecified atom stereocenters. The van der Waals surface area contributed by atoms with Gasteiger partial charge < -0.3 is 19.9 Å². The monoisotopic (exact) mass is 385 g/mol. The van der Waals surface area contributed by atoms with Gasteiger partial charge in [-0.3, -0.25) is 14.4 Å². The third kappa shape index (κ3) is 3.76. The van der Waals surface area contributed by atoms with E-state index in [0.717, 1.165) is 19.4 Å². The summed E-state index contributed by atoms with van der Waals surface area (Å²) in [4.78, 5) is 40.6. The van der Waals surface area contributed by atoms with Crippen LogP contribution < -0.4 is 5.32 Å². The molecule has 28 heavy (non-hydrogen) atoms. The molecule has 3 fully saturated rings. The molecule has 150 valence electrons. The molecule has 1 saturated carbocycles. The van der Waals surface area contributed by atoms with Crippen LogP contribution in [0, 0.1) is 11.8 Å².